The van der Waals surface area contributed by atoms with Crippen molar-refractivity contribution in [3.8, 4) is 0 Å². The van der Waals surface area contributed by atoms with Crippen molar-refractivity contribution in [1.82, 2.24) is 25.1 Å². The average Bonchev–Trinajstić information content (AvgIpc) is 3.01. The third-order valence-corrected chi connectivity index (χ3v) is 5.75. The van der Waals surface area contributed by atoms with Gasteiger partial charge in [0.15, 0.2) is 5.65 Å². The number of aromatic nitrogens is 4. The highest BCUT2D eigenvalue weighted by Gasteiger charge is 2.20. The van der Waals surface area contributed by atoms with Crippen molar-refractivity contribution in [1.29, 1.82) is 0 Å². The van der Waals surface area contributed by atoms with Gasteiger partial charge in [-0.15, -0.1) is 10.2 Å². The van der Waals surface area contributed by atoms with E-state index in [2.05, 4.69) is 20.5 Å². The molecule has 0 aliphatic carbocycles. The van der Waals surface area contributed by atoms with Crippen LogP contribution in [0.4, 0.5) is 0 Å². The highest BCUT2D eigenvalue weighted by atomic mass is 32.2. The van der Waals surface area contributed by atoms with Crippen LogP contribution in [-0.2, 0) is 11.8 Å². The minimum Gasteiger partial charge on any atom is -0.349 e. The summed E-state index contributed by atoms with van der Waals surface area (Å²) in [4.78, 5) is 17.2. The maximum absolute atomic E-state index is 12.6. The molecule has 4 rings (SSSR count). The molecule has 0 unspecified atom stereocenters. The number of para-hydroxylation sites is 1. The van der Waals surface area contributed by atoms with Gasteiger partial charge in [-0.25, -0.2) is 4.98 Å². The number of fused-ring (bicyclic) bond motifs is 3. The third-order valence-electron chi connectivity index (χ3n) is 4.80. The molecule has 1 amide bonds. The lowest BCUT2D eigenvalue weighted by atomic mass is 10.1. The largest absolute Gasteiger partial charge is 0.349 e. The lowest BCUT2D eigenvalue weighted by Gasteiger charge is -2.17. The van der Waals surface area contributed by atoms with Gasteiger partial charge < -0.3 is 9.88 Å². The van der Waals surface area contributed by atoms with E-state index in [0.717, 1.165) is 27.6 Å². The zero-order valence-electron chi connectivity index (χ0n) is 16.0. The highest BCUT2D eigenvalue weighted by Crippen LogP contribution is 2.27. The number of rotatable bonds is 5. The van der Waals surface area contributed by atoms with Gasteiger partial charge in [-0.1, -0.05) is 60.3 Å². The van der Waals surface area contributed by atoms with Crippen molar-refractivity contribution in [2.45, 2.75) is 30.3 Å². The molecule has 1 N–H and O–H groups in total. The number of carbonyl (C=O) groups excluding carboxylic acids is 1. The molecule has 7 heteroatoms. The van der Waals surface area contributed by atoms with E-state index in [0.29, 0.717) is 5.16 Å². The van der Waals surface area contributed by atoms with Crippen molar-refractivity contribution >= 4 is 39.7 Å². The molecule has 28 heavy (non-hydrogen) atoms. The smallest absolute Gasteiger partial charge is 0.233 e. The summed E-state index contributed by atoms with van der Waals surface area (Å²) in [6.45, 7) is 3.83. The summed E-state index contributed by atoms with van der Waals surface area (Å²) < 4.78 is 2.01. The molecule has 2 aromatic carbocycles. The maximum Gasteiger partial charge on any atom is 0.233 e. The van der Waals surface area contributed by atoms with E-state index in [1.165, 1.54) is 11.8 Å². The molecule has 0 saturated heterocycles. The number of carbonyl (C=O) groups is 1. The molecular weight excluding hydrogens is 370 g/mol. The van der Waals surface area contributed by atoms with Crippen molar-refractivity contribution in [2.24, 2.45) is 7.05 Å². The molecule has 6 nitrogen and oxygen atoms in total. The second kappa shape index (κ2) is 7.59. The van der Waals surface area contributed by atoms with Crippen molar-refractivity contribution in [2.75, 3.05) is 0 Å². The molecule has 2 atom stereocenters. The van der Waals surface area contributed by atoms with Crippen LogP contribution >= 0.6 is 11.8 Å². The predicted octanol–water partition coefficient (Wildman–Crippen LogP) is 3.87. The van der Waals surface area contributed by atoms with Crippen LogP contribution in [0.25, 0.3) is 22.1 Å². The van der Waals surface area contributed by atoms with Gasteiger partial charge in [0.2, 0.25) is 11.1 Å². The monoisotopic (exact) mass is 391 g/mol. The van der Waals surface area contributed by atoms with Crippen LogP contribution in [-0.4, -0.2) is 30.9 Å². The molecule has 0 fully saturated rings. The van der Waals surface area contributed by atoms with E-state index in [1.807, 2.05) is 80.1 Å². The molecule has 0 radical (unpaired) electrons. The van der Waals surface area contributed by atoms with Gasteiger partial charge in [-0.05, 0) is 25.5 Å². The number of aryl methyl sites for hydroxylation is 1. The quantitative estimate of drug-likeness (QED) is 0.523. The Bertz CT molecular complexity index is 1140. The molecule has 0 spiro atoms. The second-order valence-corrected chi connectivity index (χ2v) is 8.05. The summed E-state index contributed by atoms with van der Waals surface area (Å²) in [5, 5.41) is 12.8. The Morgan fingerprint density at radius 1 is 1.04 bits per heavy atom. The SMILES string of the molecule is C[C@H](Sc1nnc2c3ccccc3n(C)c2n1)C(=O)N[C@@H](C)c1ccccc1. The van der Waals surface area contributed by atoms with E-state index in [-0.39, 0.29) is 17.2 Å². The Labute approximate surface area is 167 Å². The zero-order chi connectivity index (χ0) is 19.7. The Hall–Kier alpha value is -2.93. The second-order valence-electron chi connectivity index (χ2n) is 6.74. The normalized spacial score (nSPS) is 13.5. The van der Waals surface area contributed by atoms with Gasteiger partial charge in [-0.2, -0.15) is 0 Å². The summed E-state index contributed by atoms with van der Waals surface area (Å²) in [5.41, 5.74) is 3.67. The average molecular weight is 392 g/mol. The van der Waals surface area contributed by atoms with Gasteiger partial charge in [-0.3, -0.25) is 4.79 Å². The number of hydrogen-bond acceptors (Lipinski definition) is 5. The first-order chi connectivity index (χ1) is 13.5. The fourth-order valence-corrected chi connectivity index (χ4v) is 3.93. The van der Waals surface area contributed by atoms with Crippen LogP contribution in [0.1, 0.15) is 25.5 Å². The lowest BCUT2D eigenvalue weighted by Crippen LogP contribution is -2.33. The predicted molar refractivity (Wildman–Crippen MR) is 112 cm³/mol. The molecule has 0 aliphatic heterocycles. The highest BCUT2D eigenvalue weighted by molar-refractivity contribution is 8.00. The Balaban J connectivity index is 1.52. The Morgan fingerprint density at radius 2 is 1.75 bits per heavy atom. The van der Waals surface area contributed by atoms with Crippen LogP contribution in [0.2, 0.25) is 0 Å². The first kappa shape index (κ1) is 18.4. The van der Waals surface area contributed by atoms with E-state index in [4.69, 9.17) is 0 Å². The summed E-state index contributed by atoms with van der Waals surface area (Å²) in [6.07, 6.45) is 0. The van der Waals surface area contributed by atoms with Crippen LogP contribution in [0.15, 0.2) is 59.8 Å². The maximum atomic E-state index is 12.6. The molecule has 0 saturated carbocycles. The standard InChI is InChI=1S/C21H21N5OS/c1-13(15-9-5-4-6-10-15)22-20(27)14(2)28-21-23-19-18(24-25-21)16-11-7-8-12-17(16)26(19)3/h4-14H,1-3H3,(H,22,27)/t13-,14-/m0/s1. The summed E-state index contributed by atoms with van der Waals surface area (Å²) in [5.74, 6) is -0.0536. The van der Waals surface area contributed by atoms with Gasteiger partial charge >= 0.3 is 0 Å². The number of hydrogen-bond donors (Lipinski definition) is 1. The number of nitrogens with one attached hydrogen (secondary N) is 1. The lowest BCUT2D eigenvalue weighted by molar-refractivity contribution is -0.120. The van der Waals surface area contributed by atoms with E-state index in [1.54, 1.807) is 0 Å². The first-order valence-electron chi connectivity index (χ1n) is 9.14. The van der Waals surface area contributed by atoms with Gasteiger partial charge in [0.05, 0.1) is 16.8 Å². The van der Waals surface area contributed by atoms with Gasteiger partial charge in [0.1, 0.15) is 5.52 Å². The fourth-order valence-electron chi connectivity index (χ4n) is 3.21. The molecule has 4 aromatic rings. The van der Waals surface area contributed by atoms with E-state index < -0.39 is 0 Å². The molecule has 0 bridgehead atoms. The number of benzene rings is 2. The van der Waals surface area contributed by atoms with Gasteiger partial charge in [0.25, 0.3) is 0 Å². The molecule has 0 aliphatic rings. The van der Waals surface area contributed by atoms with Crippen LogP contribution in [0.5, 0.6) is 0 Å². The fraction of sp³-hybridized carbons (Fsp3) is 0.238. The molecular formula is C21H21N5OS. The first-order valence-corrected chi connectivity index (χ1v) is 10.0. The van der Waals surface area contributed by atoms with Crippen LogP contribution < -0.4 is 5.32 Å². The van der Waals surface area contributed by atoms with Crippen molar-refractivity contribution in [3.63, 3.8) is 0 Å². The number of nitrogens with zero attached hydrogens (tertiary/aromatic N) is 4. The van der Waals surface area contributed by atoms with Crippen molar-refractivity contribution in [3.05, 3.63) is 60.2 Å². The van der Waals surface area contributed by atoms with E-state index in [9.17, 15) is 4.79 Å². The third kappa shape index (κ3) is 3.45. The summed E-state index contributed by atoms with van der Waals surface area (Å²) in [7, 11) is 1.96. The number of amides is 1. The summed E-state index contributed by atoms with van der Waals surface area (Å²) >= 11 is 1.31. The Morgan fingerprint density at radius 3 is 2.54 bits per heavy atom. The minimum absolute atomic E-state index is 0.0536. The molecule has 142 valence electrons. The van der Waals surface area contributed by atoms with E-state index >= 15 is 0 Å². The molecule has 2 heterocycles. The van der Waals surface area contributed by atoms with Gasteiger partial charge in [0, 0.05) is 12.4 Å². The topological polar surface area (TPSA) is 72.7 Å². The molecule has 2 aromatic heterocycles. The van der Waals surface area contributed by atoms with Crippen LogP contribution in [0.3, 0.4) is 0 Å². The Kier molecular flexibility index (Phi) is 5.00. The van der Waals surface area contributed by atoms with Crippen molar-refractivity contribution < 1.29 is 4.79 Å². The number of thioether (sulfide) groups is 1. The zero-order valence-corrected chi connectivity index (χ0v) is 16.8. The summed E-state index contributed by atoms with van der Waals surface area (Å²) in [6, 6.07) is 17.9. The van der Waals surface area contributed by atoms with Crippen LogP contribution in [0, 0.1) is 0 Å². The minimum atomic E-state index is -0.333.